The third-order valence-electron chi connectivity index (χ3n) is 8.66. The number of ether oxygens (including phenoxy) is 2. The second-order valence-corrected chi connectivity index (χ2v) is 11.6. The molecule has 4 aliphatic rings. The number of nitrogens with zero attached hydrogens (tertiary/aromatic N) is 3. The molecule has 2 fully saturated rings. The van der Waals surface area contributed by atoms with Gasteiger partial charge in [-0.15, -0.1) is 0 Å². The van der Waals surface area contributed by atoms with E-state index in [1.165, 1.54) is 12.3 Å². The van der Waals surface area contributed by atoms with Crippen LogP contribution in [0.1, 0.15) is 44.1 Å². The van der Waals surface area contributed by atoms with Gasteiger partial charge in [0.1, 0.15) is 6.10 Å². The summed E-state index contributed by atoms with van der Waals surface area (Å²) in [5.41, 5.74) is -1.35. The van der Waals surface area contributed by atoms with E-state index in [0.29, 0.717) is 18.7 Å². The molecule has 1 aromatic carbocycles. The van der Waals surface area contributed by atoms with Crippen LogP contribution in [0.25, 0.3) is 11.3 Å². The predicted molar refractivity (Wildman–Crippen MR) is 150 cm³/mol. The number of pyridine rings is 1. The number of fused-ring (bicyclic) bond motifs is 2. The number of carbonyl (C=O) groups excluding carboxylic acids is 3. The molecule has 2 bridgehead atoms. The molecule has 1 spiro atoms. The molecule has 0 saturated heterocycles. The first-order valence-electron chi connectivity index (χ1n) is 14.4. The fourth-order valence-electron chi connectivity index (χ4n) is 6.23. The van der Waals surface area contributed by atoms with E-state index < -0.39 is 47.3 Å². The summed E-state index contributed by atoms with van der Waals surface area (Å²) in [4.78, 5) is 50.0. The van der Waals surface area contributed by atoms with Gasteiger partial charge in [0.2, 0.25) is 5.91 Å². The minimum absolute atomic E-state index is 0.0442. The van der Waals surface area contributed by atoms with E-state index in [1.54, 1.807) is 30.1 Å². The minimum Gasteiger partial charge on any atom is -0.446 e. The van der Waals surface area contributed by atoms with Gasteiger partial charge in [-0.3, -0.25) is 15.1 Å². The number of rotatable bonds is 3. The van der Waals surface area contributed by atoms with Crippen LogP contribution in [0.15, 0.2) is 59.7 Å². The maximum atomic E-state index is 13.5. The highest BCUT2D eigenvalue weighted by Gasteiger charge is 2.65. The zero-order valence-corrected chi connectivity index (χ0v) is 23.5. The summed E-state index contributed by atoms with van der Waals surface area (Å²) in [7, 11) is 1.72. The number of hydrogen-bond acceptors (Lipinski definition) is 7. The number of amides is 2. The number of alkyl halides is 3. The first-order chi connectivity index (χ1) is 20.5. The lowest BCUT2D eigenvalue weighted by molar-refractivity contribution is -0.138. The first kappa shape index (κ1) is 28.9. The molecule has 2 aromatic rings. The van der Waals surface area contributed by atoms with Crippen molar-refractivity contribution in [2.75, 3.05) is 18.9 Å². The number of carbonyl (C=O) groups is 3. The van der Waals surface area contributed by atoms with Gasteiger partial charge < -0.3 is 14.4 Å². The maximum Gasteiger partial charge on any atom is 0.416 e. The standard InChI is InChI=1S/C31H31F3N4O5/c1-38-13-7-3-2-4-8-19-17-30(19)28(40)43-26(37-30)22-15-20(16-23(22)27(38)39)42-29(41)36-25-14-18(31(32,33)34)10-11-21(25)24-9-5-6-12-35-24/h4-6,8-12,14,19-20,22-23H,2-3,7,13,15-17H2,1H3,(H,36,41)/b8-4-/t19-,20-,22-,23-,30-/m1/s1. The highest BCUT2D eigenvalue weighted by Crippen LogP contribution is 2.53. The van der Waals surface area contributed by atoms with E-state index in [2.05, 4.69) is 21.4 Å². The summed E-state index contributed by atoms with van der Waals surface area (Å²) in [6.45, 7) is 0.549. The van der Waals surface area contributed by atoms with Crippen molar-refractivity contribution in [3.8, 4) is 11.3 Å². The van der Waals surface area contributed by atoms with E-state index in [4.69, 9.17) is 9.47 Å². The summed E-state index contributed by atoms with van der Waals surface area (Å²) in [6, 6.07) is 7.97. The molecule has 0 unspecified atom stereocenters. The summed E-state index contributed by atoms with van der Waals surface area (Å²) in [5, 5.41) is 2.46. The molecular weight excluding hydrogens is 565 g/mol. The molecule has 6 rings (SSSR count). The second kappa shape index (κ2) is 11.1. The quantitative estimate of drug-likeness (QED) is 0.364. The van der Waals surface area contributed by atoms with Crippen molar-refractivity contribution in [3.63, 3.8) is 0 Å². The summed E-state index contributed by atoms with van der Waals surface area (Å²) in [5.74, 6) is -1.67. The fraction of sp³-hybridized carbons (Fsp3) is 0.452. The fourth-order valence-corrected chi connectivity index (χ4v) is 6.23. The van der Waals surface area contributed by atoms with E-state index in [9.17, 15) is 27.6 Å². The molecule has 226 valence electrons. The van der Waals surface area contributed by atoms with Crippen LogP contribution in [0.3, 0.4) is 0 Å². The Morgan fingerprint density at radius 2 is 1.95 bits per heavy atom. The van der Waals surface area contributed by atoms with Crippen LogP contribution in [-0.2, 0) is 25.2 Å². The van der Waals surface area contributed by atoms with Crippen molar-refractivity contribution in [1.82, 2.24) is 9.88 Å². The normalized spacial score (nSPS) is 29.5. The van der Waals surface area contributed by atoms with Crippen LogP contribution < -0.4 is 5.32 Å². The monoisotopic (exact) mass is 596 g/mol. The molecular formula is C31H31F3N4O5. The SMILES string of the molecule is CN1CCCC/C=C\[C@@H]2C[C@@]23N=C(OC3=O)[C@@H]2C[C@@H](OC(=O)Nc3cc(C(F)(F)F)ccc3-c3ccccn3)C[C@H]2C1=O. The van der Waals surface area contributed by atoms with Crippen LogP contribution in [0.5, 0.6) is 0 Å². The topological polar surface area (TPSA) is 110 Å². The Hall–Kier alpha value is -4.22. The van der Waals surface area contributed by atoms with E-state index in [0.717, 1.165) is 31.4 Å². The number of allylic oxidation sites excluding steroid dienone is 1. The Morgan fingerprint density at radius 3 is 2.72 bits per heavy atom. The number of benzene rings is 1. The predicted octanol–water partition coefficient (Wildman–Crippen LogP) is 5.62. The molecule has 0 radical (unpaired) electrons. The molecule has 5 atom stereocenters. The van der Waals surface area contributed by atoms with Gasteiger partial charge in [-0.05, 0) is 62.8 Å². The molecule has 43 heavy (non-hydrogen) atoms. The van der Waals surface area contributed by atoms with Crippen LogP contribution in [0.4, 0.5) is 23.7 Å². The van der Waals surface area contributed by atoms with E-state index in [-0.39, 0.29) is 41.8 Å². The number of hydrogen-bond donors (Lipinski definition) is 1. The average molecular weight is 597 g/mol. The number of aliphatic imine (C=N–C) groups is 1. The molecule has 1 aromatic heterocycles. The lowest BCUT2D eigenvalue weighted by Gasteiger charge is -2.24. The smallest absolute Gasteiger partial charge is 0.416 e. The molecule has 3 heterocycles. The van der Waals surface area contributed by atoms with Gasteiger partial charge in [0.25, 0.3) is 0 Å². The molecule has 2 aliphatic heterocycles. The number of nitrogens with one attached hydrogen (secondary N) is 1. The van der Waals surface area contributed by atoms with Crippen molar-refractivity contribution in [2.24, 2.45) is 22.7 Å². The summed E-state index contributed by atoms with van der Waals surface area (Å²) in [6.07, 6.45) is 2.63. The zero-order valence-electron chi connectivity index (χ0n) is 23.5. The van der Waals surface area contributed by atoms with Crippen LogP contribution in [-0.4, -0.2) is 59.0 Å². The van der Waals surface area contributed by atoms with Crippen LogP contribution >= 0.6 is 0 Å². The van der Waals surface area contributed by atoms with Crippen molar-refractivity contribution in [1.29, 1.82) is 0 Å². The third-order valence-corrected chi connectivity index (χ3v) is 8.66. The lowest BCUT2D eigenvalue weighted by Crippen LogP contribution is -2.37. The number of halogens is 3. The molecule has 2 amide bonds. The van der Waals surface area contributed by atoms with Crippen molar-refractivity contribution >= 4 is 29.6 Å². The second-order valence-electron chi connectivity index (χ2n) is 11.6. The van der Waals surface area contributed by atoms with Crippen molar-refractivity contribution in [3.05, 3.63) is 60.3 Å². The Kier molecular flexibility index (Phi) is 7.47. The van der Waals surface area contributed by atoms with Gasteiger partial charge in [0.05, 0.1) is 28.8 Å². The van der Waals surface area contributed by atoms with Crippen LogP contribution in [0, 0.1) is 17.8 Å². The first-order valence-corrected chi connectivity index (χ1v) is 14.4. The molecule has 9 nitrogen and oxygen atoms in total. The summed E-state index contributed by atoms with van der Waals surface area (Å²) >= 11 is 0. The highest BCUT2D eigenvalue weighted by atomic mass is 19.4. The lowest BCUT2D eigenvalue weighted by atomic mass is 9.94. The number of esters is 1. The Balaban J connectivity index is 1.23. The van der Waals surface area contributed by atoms with Gasteiger partial charge in [-0.2, -0.15) is 13.2 Å². The average Bonchev–Trinajstić information content (AvgIpc) is 3.34. The number of aromatic nitrogens is 1. The zero-order chi connectivity index (χ0) is 30.4. The molecule has 2 saturated carbocycles. The van der Waals surface area contributed by atoms with Gasteiger partial charge in [-0.25, -0.2) is 14.6 Å². The van der Waals surface area contributed by atoms with E-state index >= 15 is 0 Å². The van der Waals surface area contributed by atoms with Crippen LogP contribution in [0.2, 0.25) is 0 Å². The third kappa shape index (κ3) is 5.74. The van der Waals surface area contributed by atoms with Crippen molar-refractivity contribution < 1.29 is 37.0 Å². The minimum atomic E-state index is -4.63. The maximum absolute atomic E-state index is 13.5. The van der Waals surface area contributed by atoms with Gasteiger partial charge in [-0.1, -0.05) is 24.3 Å². The molecule has 1 N–H and O–H groups in total. The summed E-state index contributed by atoms with van der Waals surface area (Å²) < 4.78 is 51.8. The number of anilines is 1. The van der Waals surface area contributed by atoms with Gasteiger partial charge in [0.15, 0.2) is 11.4 Å². The Morgan fingerprint density at radius 1 is 1.14 bits per heavy atom. The van der Waals surface area contributed by atoms with Gasteiger partial charge in [0, 0.05) is 31.3 Å². The van der Waals surface area contributed by atoms with E-state index in [1.807, 2.05) is 6.08 Å². The highest BCUT2D eigenvalue weighted by molar-refractivity contribution is 6.04. The Bertz CT molecular complexity index is 1490. The van der Waals surface area contributed by atoms with Gasteiger partial charge >= 0.3 is 18.2 Å². The Labute approximate surface area is 246 Å². The van der Waals surface area contributed by atoms with Crippen molar-refractivity contribution in [2.45, 2.75) is 56.3 Å². The molecule has 2 aliphatic carbocycles. The largest absolute Gasteiger partial charge is 0.446 e. The molecule has 12 heteroatoms.